The Kier molecular flexibility index (Phi) is 4.73. The van der Waals surface area contributed by atoms with Crippen LogP contribution in [0.15, 0.2) is 30.5 Å². The van der Waals surface area contributed by atoms with Crippen LogP contribution in [0.5, 0.6) is 0 Å². The third-order valence-corrected chi connectivity index (χ3v) is 5.76. The average Bonchev–Trinajstić information content (AvgIpc) is 2.93. The summed E-state index contributed by atoms with van der Waals surface area (Å²) in [5.41, 5.74) is 2.48. The van der Waals surface area contributed by atoms with Gasteiger partial charge in [0.2, 0.25) is 0 Å². The number of amides is 1. The van der Waals surface area contributed by atoms with E-state index in [0.29, 0.717) is 6.54 Å². The lowest BCUT2D eigenvalue weighted by Crippen LogP contribution is -2.71. The first-order valence-corrected chi connectivity index (χ1v) is 9.44. The largest absolute Gasteiger partial charge is 0.377 e. The summed E-state index contributed by atoms with van der Waals surface area (Å²) < 4.78 is 7.12. The van der Waals surface area contributed by atoms with Gasteiger partial charge >= 0.3 is 6.03 Å². The monoisotopic (exact) mass is 356 g/mol. The summed E-state index contributed by atoms with van der Waals surface area (Å²) in [4.78, 5) is 17.3. The van der Waals surface area contributed by atoms with Gasteiger partial charge in [-0.3, -0.25) is 9.47 Å². The van der Waals surface area contributed by atoms with Gasteiger partial charge in [0.25, 0.3) is 0 Å². The summed E-state index contributed by atoms with van der Waals surface area (Å²) in [7, 11) is 4.14. The molecule has 0 aliphatic carbocycles. The summed E-state index contributed by atoms with van der Waals surface area (Å²) in [6.07, 6.45) is 4.15. The molecule has 1 aromatic heterocycles. The molecule has 4 rings (SSSR count). The third-order valence-electron chi connectivity index (χ3n) is 5.76. The van der Waals surface area contributed by atoms with Crippen LogP contribution in [0, 0.1) is 0 Å². The number of para-hydroxylation sites is 1. The van der Waals surface area contributed by atoms with Gasteiger partial charge in [0.15, 0.2) is 0 Å². The molecule has 1 amide bonds. The van der Waals surface area contributed by atoms with E-state index in [1.54, 1.807) is 4.57 Å². The third kappa shape index (κ3) is 3.13. The van der Waals surface area contributed by atoms with Crippen LogP contribution in [-0.2, 0) is 11.2 Å². The Labute approximate surface area is 154 Å². The van der Waals surface area contributed by atoms with E-state index in [4.69, 9.17) is 4.74 Å². The average molecular weight is 356 g/mol. The van der Waals surface area contributed by atoms with Gasteiger partial charge in [-0.05, 0) is 38.6 Å². The van der Waals surface area contributed by atoms with E-state index in [0.717, 1.165) is 50.2 Å². The number of hydrogen-bond donors (Lipinski definition) is 1. The van der Waals surface area contributed by atoms with Gasteiger partial charge in [-0.2, -0.15) is 0 Å². The molecule has 3 heterocycles. The van der Waals surface area contributed by atoms with E-state index in [1.165, 1.54) is 12.0 Å². The maximum atomic E-state index is 12.7. The molecule has 2 saturated heterocycles. The van der Waals surface area contributed by atoms with Crippen LogP contribution in [-0.4, -0.2) is 79.4 Å². The van der Waals surface area contributed by atoms with E-state index in [9.17, 15) is 4.79 Å². The molecule has 1 N–H and O–H groups in total. The molecule has 2 aliphatic heterocycles. The number of nitrogens with zero attached hydrogens (tertiary/aromatic N) is 3. The maximum Gasteiger partial charge on any atom is 0.326 e. The van der Waals surface area contributed by atoms with Gasteiger partial charge in [-0.1, -0.05) is 18.2 Å². The molecule has 6 heteroatoms. The zero-order valence-electron chi connectivity index (χ0n) is 15.7. The predicted molar refractivity (Wildman–Crippen MR) is 103 cm³/mol. The molecule has 0 radical (unpaired) electrons. The molecular formula is C20H28N4O2. The number of likely N-dealkylation sites (N-methyl/N-ethyl adjacent to an activating group) is 1. The van der Waals surface area contributed by atoms with Gasteiger partial charge in [-0.25, -0.2) is 4.79 Å². The van der Waals surface area contributed by atoms with Crippen molar-refractivity contribution in [3.8, 4) is 0 Å². The zero-order chi connectivity index (χ0) is 18.1. The van der Waals surface area contributed by atoms with Crippen molar-refractivity contribution in [2.75, 3.05) is 53.5 Å². The quantitative estimate of drug-likeness (QED) is 0.857. The summed E-state index contributed by atoms with van der Waals surface area (Å²) in [5.74, 6) is 0. The fourth-order valence-electron chi connectivity index (χ4n) is 3.94. The first-order valence-electron chi connectivity index (χ1n) is 9.44. The Morgan fingerprint density at radius 3 is 2.77 bits per heavy atom. The molecular weight excluding hydrogens is 328 g/mol. The molecule has 1 spiro atoms. The number of benzene rings is 1. The van der Waals surface area contributed by atoms with Gasteiger partial charge in [0, 0.05) is 37.8 Å². The lowest BCUT2D eigenvalue weighted by Gasteiger charge is -2.57. The number of hydrogen-bond acceptors (Lipinski definition) is 4. The highest BCUT2D eigenvalue weighted by Gasteiger charge is 2.50. The summed E-state index contributed by atoms with van der Waals surface area (Å²) in [6.45, 7) is 5.33. The Balaban J connectivity index is 1.41. The molecule has 0 bridgehead atoms. The molecule has 1 aromatic carbocycles. The van der Waals surface area contributed by atoms with E-state index in [-0.39, 0.29) is 11.6 Å². The molecule has 26 heavy (non-hydrogen) atoms. The molecule has 0 unspecified atom stereocenters. The van der Waals surface area contributed by atoms with E-state index >= 15 is 0 Å². The standard InChI is InChI=1S/C20H28N4O2/c1-22(2)10-7-16-13-24(18-6-4-3-5-17(16)18)19(25)21-9-12-23-11-8-20(23)14-26-15-20/h3-6,13H,7-12,14-15H2,1-2H3,(H,21,25). The minimum absolute atomic E-state index is 0.0447. The van der Waals surface area contributed by atoms with E-state index in [2.05, 4.69) is 35.3 Å². The Hall–Kier alpha value is -1.89. The van der Waals surface area contributed by atoms with Crippen LogP contribution in [0.2, 0.25) is 0 Å². The normalized spacial score (nSPS) is 18.9. The molecule has 2 aromatic rings. The molecule has 2 aliphatic rings. The van der Waals surface area contributed by atoms with Crippen LogP contribution in [0.25, 0.3) is 10.9 Å². The molecule has 0 atom stereocenters. The van der Waals surface area contributed by atoms with Crippen LogP contribution in [0.1, 0.15) is 12.0 Å². The molecule has 0 saturated carbocycles. The minimum Gasteiger partial charge on any atom is -0.377 e. The Bertz CT molecular complexity index is 789. The van der Waals surface area contributed by atoms with Crippen LogP contribution in [0.3, 0.4) is 0 Å². The summed E-state index contributed by atoms with van der Waals surface area (Å²) >= 11 is 0. The predicted octanol–water partition coefficient (Wildman–Crippen LogP) is 1.78. The van der Waals surface area contributed by atoms with Crippen LogP contribution in [0.4, 0.5) is 4.79 Å². The zero-order valence-corrected chi connectivity index (χ0v) is 15.7. The van der Waals surface area contributed by atoms with E-state index in [1.807, 2.05) is 24.4 Å². The minimum atomic E-state index is -0.0447. The highest BCUT2D eigenvalue weighted by atomic mass is 16.5. The van der Waals surface area contributed by atoms with Gasteiger partial charge in [0.1, 0.15) is 0 Å². The van der Waals surface area contributed by atoms with Crippen molar-refractivity contribution in [3.63, 3.8) is 0 Å². The summed E-state index contributed by atoms with van der Waals surface area (Å²) in [6, 6.07) is 8.10. The van der Waals surface area contributed by atoms with Gasteiger partial charge in [-0.15, -0.1) is 0 Å². The smallest absolute Gasteiger partial charge is 0.326 e. The number of aromatic nitrogens is 1. The highest BCUT2D eigenvalue weighted by Crippen LogP contribution is 2.36. The van der Waals surface area contributed by atoms with Gasteiger partial charge < -0.3 is 15.0 Å². The first kappa shape index (κ1) is 17.5. The Morgan fingerprint density at radius 2 is 2.12 bits per heavy atom. The molecule has 2 fully saturated rings. The second kappa shape index (κ2) is 7.02. The van der Waals surface area contributed by atoms with Crippen molar-refractivity contribution in [2.45, 2.75) is 18.4 Å². The number of carbonyl (C=O) groups excluding carboxylic acids is 1. The SMILES string of the molecule is CN(C)CCc1cn(C(=O)NCCN2CCC23COC3)c2ccccc12. The van der Waals surface area contributed by atoms with Crippen molar-refractivity contribution in [1.29, 1.82) is 0 Å². The lowest BCUT2D eigenvalue weighted by atomic mass is 9.83. The second-order valence-electron chi connectivity index (χ2n) is 7.78. The number of likely N-dealkylation sites (tertiary alicyclic amines) is 1. The summed E-state index contributed by atoms with van der Waals surface area (Å²) in [5, 5.41) is 4.25. The fraction of sp³-hybridized carbons (Fsp3) is 0.550. The van der Waals surface area contributed by atoms with Crippen molar-refractivity contribution in [2.24, 2.45) is 0 Å². The first-order chi connectivity index (χ1) is 12.6. The number of rotatable bonds is 6. The van der Waals surface area contributed by atoms with Crippen LogP contribution < -0.4 is 5.32 Å². The number of carbonyl (C=O) groups is 1. The molecule has 140 valence electrons. The highest BCUT2D eigenvalue weighted by molar-refractivity contribution is 5.93. The Morgan fingerprint density at radius 1 is 1.31 bits per heavy atom. The van der Waals surface area contributed by atoms with Gasteiger partial charge in [0.05, 0.1) is 24.3 Å². The number of nitrogens with one attached hydrogen (secondary N) is 1. The fourth-order valence-corrected chi connectivity index (χ4v) is 3.94. The maximum absolute atomic E-state index is 12.7. The topological polar surface area (TPSA) is 49.7 Å². The van der Waals surface area contributed by atoms with Crippen molar-refractivity contribution < 1.29 is 9.53 Å². The van der Waals surface area contributed by atoms with E-state index < -0.39 is 0 Å². The number of ether oxygens (including phenoxy) is 1. The number of fused-ring (bicyclic) bond motifs is 1. The van der Waals surface area contributed by atoms with Crippen molar-refractivity contribution in [1.82, 2.24) is 19.7 Å². The molecule has 6 nitrogen and oxygen atoms in total. The second-order valence-corrected chi connectivity index (χ2v) is 7.78. The lowest BCUT2D eigenvalue weighted by molar-refractivity contribution is -0.191. The van der Waals surface area contributed by atoms with Crippen LogP contribution >= 0.6 is 0 Å². The van der Waals surface area contributed by atoms with Crippen molar-refractivity contribution >= 4 is 16.9 Å². The van der Waals surface area contributed by atoms with Crippen molar-refractivity contribution in [3.05, 3.63) is 36.0 Å².